The fourth-order valence-electron chi connectivity index (χ4n) is 2.30. The van der Waals surface area contributed by atoms with Crippen molar-refractivity contribution in [2.45, 2.75) is 13.8 Å². The number of hydrogen-bond acceptors (Lipinski definition) is 4. The molecule has 1 heterocycles. The number of methoxy groups -OCH3 is 2. The average molecular weight is 261 g/mol. The molecule has 0 fully saturated rings. The zero-order valence-electron chi connectivity index (χ0n) is 11.9. The summed E-state index contributed by atoms with van der Waals surface area (Å²) in [5, 5.41) is 4.19. The van der Waals surface area contributed by atoms with E-state index in [9.17, 15) is 0 Å². The molecule has 5 heteroatoms. The minimum absolute atomic E-state index is 0.606. The lowest BCUT2D eigenvalue weighted by Crippen LogP contribution is -2.01. The molecule has 2 rings (SSSR count). The molecule has 19 heavy (non-hydrogen) atoms. The van der Waals surface area contributed by atoms with Crippen LogP contribution in [0.2, 0.25) is 0 Å². The van der Waals surface area contributed by atoms with Crippen LogP contribution in [-0.4, -0.2) is 24.0 Å². The smallest absolute Gasteiger partial charge is 0.130 e. The van der Waals surface area contributed by atoms with Gasteiger partial charge in [0, 0.05) is 23.7 Å². The molecule has 2 aromatic rings. The molecule has 0 saturated carbocycles. The Morgan fingerprint density at radius 1 is 1.21 bits per heavy atom. The van der Waals surface area contributed by atoms with Gasteiger partial charge in [0.15, 0.2) is 0 Å². The number of anilines is 1. The summed E-state index contributed by atoms with van der Waals surface area (Å²) < 4.78 is 12.6. The van der Waals surface area contributed by atoms with Crippen molar-refractivity contribution in [1.82, 2.24) is 9.78 Å². The number of aryl methyl sites for hydroxylation is 2. The monoisotopic (exact) mass is 261 g/mol. The van der Waals surface area contributed by atoms with E-state index in [4.69, 9.17) is 15.2 Å². The largest absolute Gasteiger partial charge is 0.496 e. The Morgan fingerprint density at radius 3 is 2.37 bits per heavy atom. The third-order valence-corrected chi connectivity index (χ3v) is 3.36. The average Bonchev–Trinajstić information content (AvgIpc) is 2.72. The number of nitrogen functional groups attached to an aromatic ring is 1. The van der Waals surface area contributed by atoms with Gasteiger partial charge in [-0.3, -0.25) is 4.68 Å². The molecule has 0 spiro atoms. The third-order valence-electron chi connectivity index (χ3n) is 3.36. The highest BCUT2D eigenvalue weighted by Crippen LogP contribution is 2.42. The fraction of sp³-hybridized carbons (Fsp3) is 0.357. The molecule has 2 N–H and O–H groups in total. The first-order valence-electron chi connectivity index (χ1n) is 6.01. The van der Waals surface area contributed by atoms with Gasteiger partial charge in [-0.05, 0) is 25.5 Å². The van der Waals surface area contributed by atoms with Crippen LogP contribution in [-0.2, 0) is 7.05 Å². The van der Waals surface area contributed by atoms with E-state index in [2.05, 4.69) is 5.10 Å². The lowest BCUT2D eigenvalue weighted by Gasteiger charge is -2.17. The Balaban J connectivity index is 2.80. The first-order chi connectivity index (χ1) is 9.01. The summed E-state index contributed by atoms with van der Waals surface area (Å²) in [5.74, 6) is 2.23. The van der Waals surface area contributed by atoms with Crippen molar-refractivity contribution in [2.24, 2.45) is 7.05 Å². The number of benzene rings is 1. The Morgan fingerprint density at radius 2 is 1.89 bits per heavy atom. The molecular formula is C14H19N3O2. The molecule has 0 amide bonds. The van der Waals surface area contributed by atoms with Crippen LogP contribution in [0, 0.1) is 13.8 Å². The van der Waals surface area contributed by atoms with Crippen molar-refractivity contribution < 1.29 is 9.47 Å². The SMILES string of the molecule is COc1cc(C)c(OC)c(-c2cnn(C)c2N)c1C. The quantitative estimate of drug-likeness (QED) is 0.921. The summed E-state index contributed by atoms with van der Waals surface area (Å²) in [5.41, 5.74) is 9.86. The predicted molar refractivity (Wildman–Crippen MR) is 75.6 cm³/mol. The summed E-state index contributed by atoms with van der Waals surface area (Å²) >= 11 is 0. The number of aromatic nitrogens is 2. The summed E-state index contributed by atoms with van der Waals surface area (Å²) in [6.07, 6.45) is 1.75. The van der Waals surface area contributed by atoms with Crippen LogP contribution < -0.4 is 15.2 Å². The molecule has 1 aromatic heterocycles. The highest BCUT2D eigenvalue weighted by Gasteiger charge is 2.20. The maximum Gasteiger partial charge on any atom is 0.130 e. The highest BCUT2D eigenvalue weighted by molar-refractivity contribution is 5.83. The maximum atomic E-state index is 6.07. The second-order valence-electron chi connectivity index (χ2n) is 4.50. The van der Waals surface area contributed by atoms with E-state index in [0.717, 1.165) is 33.8 Å². The van der Waals surface area contributed by atoms with Gasteiger partial charge < -0.3 is 15.2 Å². The predicted octanol–water partition coefficient (Wildman–Crippen LogP) is 2.30. The molecule has 0 aliphatic carbocycles. The van der Waals surface area contributed by atoms with Crippen molar-refractivity contribution in [1.29, 1.82) is 0 Å². The third kappa shape index (κ3) is 2.01. The van der Waals surface area contributed by atoms with Gasteiger partial charge in [0.25, 0.3) is 0 Å². The fourth-order valence-corrected chi connectivity index (χ4v) is 2.30. The van der Waals surface area contributed by atoms with Crippen LogP contribution in [0.5, 0.6) is 11.5 Å². The van der Waals surface area contributed by atoms with E-state index < -0.39 is 0 Å². The number of hydrogen-bond donors (Lipinski definition) is 1. The van der Waals surface area contributed by atoms with E-state index in [1.807, 2.05) is 27.0 Å². The molecule has 5 nitrogen and oxygen atoms in total. The van der Waals surface area contributed by atoms with Crippen LogP contribution >= 0.6 is 0 Å². The lowest BCUT2D eigenvalue weighted by molar-refractivity contribution is 0.399. The molecule has 0 unspecified atom stereocenters. The van der Waals surface area contributed by atoms with Gasteiger partial charge in [-0.25, -0.2) is 0 Å². The molecule has 0 aliphatic heterocycles. The summed E-state index contributed by atoms with van der Waals surface area (Å²) in [6.45, 7) is 3.97. The minimum Gasteiger partial charge on any atom is -0.496 e. The summed E-state index contributed by atoms with van der Waals surface area (Å²) in [4.78, 5) is 0. The Kier molecular flexibility index (Phi) is 3.38. The molecule has 102 valence electrons. The summed E-state index contributed by atoms with van der Waals surface area (Å²) in [7, 11) is 5.13. The first-order valence-corrected chi connectivity index (χ1v) is 6.01. The molecule has 0 radical (unpaired) electrons. The number of rotatable bonds is 3. The normalized spacial score (nSPS) is 10.6. The van der Waals surface area contributed by atoms with E-state index in [1.165, 1.54) is 0 Å². The van der Waals surface area contributed by atoms with Crippen LogP contribution in [0.1, 0.15) is 11.1 Å². The lowest BCUT2D eigenvalue weighted by atomic mass is 9.97. The van der Waals surface area contributed by atoms with Gasteiger partial charge in [0.2, 0.25) is 0 Å². The summed E-state index contributed by atoms with van der Waals surface area (Å²) in [6, 6.07) is 1.96. The van der Waals surface area contributed by atoms with Crippen LogP contribution in [0.25, 0.3) is 11.1 Å². The first kappa shape index (κ1) is 13.3. The Hall–Kier alpha value is -2.17. The van der Waals surface area contributed by atoms with Gasteiger partial charge in [0.05, 0.1) is 20.4 Å². The molecular weight excluding hydrogens is 242 g/mol. The van der Waals surface area contributed by atoms with Gasteiger partial charge in [-0.15, -0.1) is 0 Å². The zero-order chi connectivity index (χ0) is 14.2. The highest BCUT2D eigenvalue weighted by atomic mass is 16.5. The minimum atomic E-state index is 0.606. The van der Waals surface area contributed by atoms with Crippen LogP contribution in [0.4, 0.5) is 5.82 Å². The molecule has 0 saturated heterocycles. The molecule has 1 aromatic carbocycles. The molecule has 0 atom stereocenters. The van der Waals surface area contributed by atoms with Gasteiger partial charge in [0.1, 0.15) is 17.3 Å². The van der Waals surface area contributed by atoms with E-state index in [1.54, 1.807) is 25.1 Å². The number of nitrogens with two attached hydrogens (primary N) is 1. The number of nitrogens with zero attached hydrogens (tertiary/aromatic N) is 2. The van der Waals surface area contributed by atoms with Crippen molar-refractivity contribution in [3.63, 3.8) is 0 Å². The van der Waals surface area contributed by atoms with Crippen molar-refractivity contribution in [3.8, 4) is 22.6 Å². The van der Waals surface area contributed by atoms with Crippen molar-refractivity contribution in [3.05, 3.63) is 23.4 Å². The van der Waals surface area contributed by atoms with Crippen LogP contribution in [0.3, 0.4) is 0 Å². The second kappa shape index (κ2) is 4.84. The van der Waals surface area contributed by atoms with Gasteiger partial charge >= 0.3 is 0 Å². The van der Waals surface area contributed by atoms with Crippen LogP contribution in [0.15, 0.2) is 12.3 Å². The number of ether oxygens (including phenoxy) is 2. The Labute approximate surface area is 112 Å². The van der Waals surface area contributed by atoms with E-state index in [-0.39, 0.29) is 0 Å². The van der Waals surface area contributed by atoms with E-state index >= 15 is 0 Å². The van der Waals surface area contributed by atoms with Crippen molar-refractivity contribution >= 4 is 5.82 Å². The van der Waals surface area contributed by atoms with Crippen molar-refractivity contribution in [2.75, 3.05) is 20.0 Å². The Bertz CT molecular complexity index is 618. The molecule has 0 aliphatic rings. The maximum absolute atomic E-state index is 6.07. The topological polar surface area (TPSA) is 62.3 Å². The molecule has 0 bridgehead atoms. The van der Waals surface area contributed by atoms with Gasteiger partial charge in [-0.2, -0.15) is 5.10 Å². The van der Waals surface area contributed by atoms with Gasteiger partial charge in [-0.1, -0.05) is 0 Å². The van der Waals surface area contributed by atoms with E-state index in [0.29, 0.717) is 5.82 Å². The standard InChI is InChI=1S/C14H19N3O2/c1-8-6-11(18-4)9(2)12(13(8)19-5)10-7-16-17(3)14(10)15/h6-7H,15H2,1-5H3. The zero-order valence-corrected chi connectivity index (χ0v) is 11.9. The second-order valence-corrected chi connectivity index (χ2v) is 4.50.